The number of rotatable bonds is 3. The molecule has 2 heterocycles. The van der Waals surface area contributed by atoms with Crippen molar-refractivity contribution in [2.75, 3.05) is 5.32 Å². The van der Waals surface area contributed by atoms with Gasteiger partial charge in [0.1, 0.15) is 0 Å². The number of fused-ring (bicyclic) bond motifs is 3. The molecular formula is C24H22ClN3. The first kappa shape index (κ1) is 17.3. The van der Waals surface area contributed by atoms with E-state index in [-0.39, 0.29) is 12.1 Å². The largest absolute Gasteiger partial charge is 0.349 e. The fourth-order valence-corrected chi connectivity index (χ4v) is 4.31. The molecule has 5 rings (SSSR count). The minimum Gasteiger partial charge on any atom is -0.349 e. The van der Waals surface area contributed by atoms with Crippen LogP contribution in [0.4, 0.5) is 5.95 Å². The molecule has 0 amide bonds. The molecule has 0 radical (unpaired) electrons. The van der Waals surface area contributed by atoms with E-state index in [9.17, 15) is 0 Å². The van der Waals surface area contributed by atoms with Crippen molar-refractivity contribution in [3.05, 3.63) is 94.5 Å². The van der Waals surface area contributed by atoms with Crippen molar-refractivity contribution in [2.24, 2.45) is 0 Å². The van der Waals surface area contributed by atoms with Gasteiger partial charge in [0, 0.05) is 5.02 Å². The van der Waals surface area contributed by atoms with Crippen molar-refractivity contribution in [1.29, 1.82) is 0 Å². The normalized spacial score (nSPS) is 18.6. The summed E-state index contributed by atoms with van der Waals surface area (Å²) in [7, 11) is 0. The number of hydrogen-bond acceptors (Lipinski definition) is 2. The first-order valence-electron chi connectivity index (χ1n) is 9.80. The molecule has 0 fully saturated rings. The first-order valence-corrected chi connectivity index (χ1v) is 10.2. The molecule has 0 saturated heterocycles. The lowest BCUT2D eigenvalue weighted by molar-refractivity contribution is 0.477. The molecule has 4 heteroatoms. The van der Waals surface area contributed by atoms with Gasteiger partial charge in [-0.05, 0) is 53.8 Å². The van der Waals surface area contributed by atoms with Gasteiger partial charge in [-0.2, -0.15) is 0 Å². The highest BCUT2D eigenvalue weighted by molar-refractivity contribution is 6.30. The SMILES string of the molecule is CCc1ccc(C2CC(c3ccc(Cl)cc3)Nc3nc4ccccc4n32)cc1. The summed E-state index contributed by atoms with van der Waals surface area (Å²) in [5.74, 6) is 0.928. The second-order valence-corrected chi connectivity index (χ2v) is 7.83. The fourth-order valence-electron chi connectivity index (χ4n) is 4.18. The lowest BCUT2D eigenvalue weighted by Gasteiger charge is -2.33. The monoisotopic (exact) mass is 387 g/mol. The standard InChI is InChI=1S/C24H22ClN3/c1-2-16-7-9-18(10-8-16)23-15-21(17-11-13-19(25)14-12-17)27-24-26-20-5-3-4-6-22(20)28(23)24/h3-14,21,23H,2,15H2,1H3,(H,26,27). The van der Waals surface area contributed by atoms with Gasteiger partial charge in [0.15, 0.2) is 0 Å². The predicted octanol–water partition coefficient (Wildman–Crippen LogP) is 6.40. The van der Waals surface area contributed by atoms with Crippen LogP contribution >= 0.6 is 11.6 Å². The van der Waals surface area contributed by atoms with Crippen molar-refractivity contribution >= 4 is 28.6 Å². The summed E-state index contributed by atoms with van der Waals surface area (Å²) in [6.07, 6.45) is 2.01. The summed E-state index contributed by atoms with van der Waals surface area (Å²) in [5.41, 5.74) is 6.11. The van der Waals surface area contributed by atoms with E-state index in [1.54, 1.807) is 0 Å². The molecule has 1 aliphatic heterocycles. The minimum absolute atomic E-state index is 0.192. The average Bonchev–Trinajstić information content (AvgIpc) is 3.12. The van der Waals surface area contributed by atoms with Crippen LogP contribution in [-0.4, -0.2) is 9.55 Å². The molecule has 3 aromatic carbocycles. The molecule has 1 aliphatic rings. The van der Waals surface area contributed by atoms with Crippen LogP contribution in [0.2, 0.25) is 5.02 Å². The van der Waals surface area contributed by atoms with Gasteiger partial charge in [0.05, 0.1) is 23.1 Å². The Labute approximate surface area is 170 Å². The Morgan fingerprint density at radius 1 is 0.964 bits per heavy atom. The molecule has 4 aromatic rings. The predicted molar refractivity (Wildman–Crippen MR) is 116 cm³/mol. The van der Waals surface area contributed by atoms with E-state index >= 15 is 0 Å². The highest BCUT2D eigenvalue weighted by Gasteiger charge is 2.30. The Balaban J connectivity index is 1.63. The van der Waals surface area contributed by atoms with Crippen molar-refractivity contribution in [1.82, 2.24) is 9.55 Å². The molecule has 2 atom stereocenters. The second-order valence-electron chi connectivity index (χ2n) is 7.39. The van der Waals surface area contributed by atoms with Crippen LogP contribution in [0.3, 0.4) is 0 Å². The topological polar surface area (TPSA) is 29.9 Å². The van der Waals surface area contributed by atoms with Gasteiger partial charge in [-0.15, -0.1) is 0 Å². The third-order valence-electron chi connectivity index (χ3n) is 5.71. The average molecular weight is 388 g/mol. The smallest absolute Gasteiger partial charge is 0.204 e. The van der Waals surface area contributed by atoms with E-state index in [4.69, 9.17) is 16.6 Å². The van der Waals surface area contributed by atoms with Gasteiger partial charge in [0.2, 0.25) is 5.95 Å². The number of nitrogens with one attached hydrogen (secondary N) is 1. The van der Waals surface area contributed by atoms with Crippen LogP contribution in [0.5, 0.6) is 0 Å². The summed E-state index contributed by atoms with van der Waals surface area (Å²) in [6, 6.07) is 25.9. The van der Waals surface area contributed by atoms with Crippen molar-refractivity contribution in [3.8, 4) is 0 Å². The fraction of sp³-hybridized carbons (Fsp3) is 0.208. The maximum atomic E-state index is 6.10. The number of hydrogen-bond donors (Lipinski definition) is 1. The second kappa shape index (κ2) is 6.99. The maximum absolute atomic E-state index is 6.10. The molecule has 2 unspecified atom stereocenters. The van der Waals surface area contributed by atoms with E-state index in [0.29, 0.717) is 0 Å². The lowest BCUT2D eigenvalue weighted by atomic mass is 9.92. The van der Waals surface area contributed by atoms with Crippen molar-refractivity contribution < 1.29 is 0 Å². The number of imidazole rings is 1. The number of halogens is 1. The Bertz CT molecular complexity index is 1110. The van der Waals surface area contributed by atoms with E-state index in [1.807, 2.05) is 18.2 Å². The van der Waals surface area contributed by atoms with Crippen LogP contribution in [0.25, 0.3) is 11.0 Å². The van der Waals surface area contributed by atoms with Crippen molar-refractivity contribution in [3.63, 3.8) is 0 Å². The molecule has 28 heavy (non-hydrogen) atoms. The number of anilines is 1. The molecule has 0 saturated carbocycles. The highest BCUT2D eigenvalue weighted by Crippen LogP contribution is 2.41. The zero-order valence-electron chi connectivity index (χ0n) is 15.8. The maximum Gasteiger partial charge on any atom is 0.204 e. The van der Waals surface area contributed by atoms with Crippen LogP contribution in [0.1, 0.15) is 42.1 Å². The zero-order valence-corrected chi connectivity index (χ0v) is 16.5. The highest BCUT2D eigenvalue weighted by atomic mass is 35.5. The Hall–Kier alpha value is -2.78. The van der Waals surface area contributed by atoms with E-state index in [0.717, 1.165) is 29.3 Å². The number of benzene rings is 3. The molecule has 3 nitrogen and oxygen atoms in total. The van der Waals surface area contributed by atoms with Crippen LogP contribution in [-0.2, 0) is 6.42 Å². The van der Waals surface area contributed by atoms with E-state index < -0.39 is 0 Å². The third kappa shape index (κ3) is 2.96. The quantitative estimate of drug-likeness (QED) is 0.441. The van der Waals surface area contributed by atoms with Crippen LogP contribution in [0, 0.1) is 0 Å². The zero-order chi connectivity index (χ0) is 19.1. The molecule has 0 aliphatic carbocycles. The van der Waals surface area contributed by atoms with Gasteiger partial charge in [-0.1, -0.05) is 67.1 Å². The van der Waals surface area contributed by atoms with E-state index in [2.05, 4.69) is 71.4 Å². The molecule has 1 N–H and O–H groups in total. The number of para-hydroxylation sites is 2. The molecule has 0 bridgehead atoms. The van der Waals surface area contributed by atoms with Gasteiger partial charge >= 0.3 is 0 Å². The summed E-state index contributed by atoms with van der Waals surface area (Å²) >= 11 is 6.10. The summed E-state index contributed by atoms with van der Waals surface area (Å²) < 4.78 is 2.35. The van der Waals surface area contributed by atoms with Crippen LogP contribution < -0.4 is 5.32 Å². The summed E-state index contributed by atoms with van der Waals surface area (Å²) in [5, 5.41) is 4.42. The van der Waals surface area contributed by atoms with Crippen LogP contribution in [0.15, 0.2) is 72.8 Å². The molecule has 140 valence electrons. The van der Waals surface area contributed by atoms with Gasteiger partial charge in [-0.3, -0.25) is 0 Å². The molecule has 0 spiro atoms. The first-order chi connectivity index (χ1) is 13.7. The van der Waals surface area contributed by atoms with Crippen molar-refractivity contribution in [2.45, 2.75) is 31.8 Å². The Morgan fingerprint density at radius 2 is 1.68 bits per heavy atom. The third-order valence-corrected chi connectivity index (χ3v) is 5.97. The van der Waals surface area contributed by atoms with Gasteiger partial charge < -0.3 is 9.88 Å². The molecular weight excluding hydrogens is 366 g/mol. The lowest BCUT2D eigenvalue weighted by Crippen LogP contribution is -2.27. The number of aryl methyl sites for hydroxylation is 1. The van der Waals surface area contributed by atoms with Gasteiger partial charge in [-0.25, -0.2) is 4.98 Å². The Morgan fingerprint density at radius 3 is 2.43 bits per heavy atom. The van der Waals surface area contributed by atoms with E-state index in [1.165, 1.54) is 22.2 Å². The van der Waals surface area contributed by atoms with Gasteiger partial charge in [0.25, 0.3) is 0 Å². The summed E-state index contributed by atoms with van der Waals surface area (Å²) in [4.78, 5) is 4.88. The number of nitrogens with zero attached hydrogens (tertiary/aromatic N) is 2. The molecule has 1 aromatic heterocycles. The Kier molecular flexibility index (Phi) is 4.33. The number of aromatic nitrogens is 2. The summed E-state index contributed by atoms with van der Waals surface area (Å²) in [6.45, 7) is 2.19. The minimum atomic E-state index is 0.192.